The van der Waals surface area contributed by atoms with Crippen molar-refractivity contribution in [3.63, 3.8) is 0 Å². The maximum atomic E-state index is 11.4. The first-order valence-electron chi connectivity index (χ1n) is 8.48. The molecule has 7 nitrogen and oxygen atoms in total. The van der Waals surface area contributed by atoms with Crippen molar-refractivity contribution < 1.29 is 9.90 Å². The number of carboxylic acid groups (broad SMARTS) is 1. The molecule has 0 radical (unpaired) electrons. The molecule has 0 amide bonds. The Hall–Kier alpha value is -3.06. The monoisotopic (exact) mass is 351 g/mol. The molecule has 7 heteroatoms. The third-order valence-electron chi connectivity index (χ3n) is 4.07. The minimum atomic E-state index is -0.903. The number of nitrogens with one attached hydrogen (secondary N) is 2. The molecule has 1 atom stereocenters. The van der Waals surface area contributed by atoms with Gasteiger partial charge in [0.25, 0.3) is 0 Å². The number of H-pyrrole nitrogens is 1. The lowest BCUT2D eigenvalue weighted by Crippen LogP contribution is -2.38. The molecule has 1 unspecified atom stereocenters. The Balaban J connectivity index is 1.50. The summed E-state index contributed by atoms with van der Waals surface area (Å²) in [6.45, 7) is 0.393. The number of rotatable bonds is 9. The van der Waals surface area contributed by atoms with Crippen molar-refractivity contribution in [3.05, 3.63) is 77.9 Å². The number of benzene rings is 1. The average Bonchev–Trinajstić information content (AvgIpc) is 3.18. The molecule has 2 aromatic heterocycles. The van der Waals surface area contributed by atoms with Gasteiger partial charge in [-0.25, -0.2) is 15.0 Å². The molecule has 1 aromatic carbocycles. The van der Waals surface area contributed by atoms with Crippen LogP contribution in [0.4, 0.5) is 0 Å². The molecule has 0 aliphatic carbocycles. The van der Waals surface area contributed by atoms with Gasteiger partial charge in [0.1, 0.15) is 11.9 Å². The van der Waals surface area contributed by atoms with Gasteiger partial charge in [-0.15, -0.1) is 0 Å². The molecule has 26 heavy (non-hydrogen) atoms. The van der Waals surface area contributed by atoms with Gasteiger partial charge in [0.15, 0.2) is 0 Å². The molecule has 0 aliphatic rings. The van der Waals surface area contributed by atoms with E-state index in [2.05, 4.69) is 37.4 Å². The van der Waals surface area contributed by atoms with Crippen molar-refractivity contribution in [3.8, 4) is 0 Å². The second-order valence-corrected chi connectivity index (χ2v) is 6.05. The average molecular weight is 351 g/mol. The molecule has 0 spiro atoms. The Labute approximate surface area is 151 Å². The van der Waals surface area contributed by atoms with E-state index in [0.29, 0.717) is 13.0 Å². The molecule has 0 saturated heterocycles. The number of nitrogens with zero attached hydrogens (tertiary/aromatic N) is 3. The fraction of sp³-hybridized carbons (Fsp3) is 0.263. The van der Waals surface area contributed by atoms with Crippen molar-refractivity contribution >= 4 is 5.97 Å². The first-order valence-corrected chi connectivity index (χ1v) is 8.48. The van der Waals surface area contributed by atoms with E-state index in [4.69, 9.17) is 0 Å². The second kappa shape index (κ2) is 8.87. The van der Waals surface area contributed by atoms with Crippen LogP contribution in [0.5, 0.6) is 0 Å². The minimum Gasteiger partial charge on any atom is -0.480 e. The third kappa shape index (κ3) is 5.22. The number of imidazole rings is 1. The van der Waals surface area contributed by atoms with E-state index in [-0.39, 0.29) is 0 Å². The quantitative estimate of drug-likeness (QED) is 0.543. The summed E-state index contributed by atoms with van der Waals surface area (Å²) in [5.74, 6) is -0.121. The standard InChI is InChI=1S/C19H21N5O2/c25-19(26)17(8-16-12-20-13-24-16)21-9-15-10-22-18(23-11-15)7-6-14-4-2-1-3-5-14/h1-5,10-13,17,21H,6-9H2,(H,20,24)(H,25,26). The zero-order valence-electron chi connectivity index (χ0n) is 14.3. The summed E-state index contributed by atoms with van der Waals surface area (Å²) in [6, 6.07) is 9.51. The molecule has 134 valence electrons. The van der Waals surface area contributed by atoms with E-state index in [0.717, 1.165) is 29.9 Å². The molecule has 0 fully saturated rings. The normalized spacial score (nSPS) is 12.0. The van der Waals surface area contributed by atoms with E-state index in [9.17, 15) is 9.90 Å². The zero-order valence-corrected chi connectivity index (χ0v) is 14.3. The van der Waals surface area contributed by atoms with Gasteiger partial charge in [-0.1, -0.05) is 30.3 Å². The van der Waals surface area contributed by atoms with Crippen molar-refractivity contribution in [1.82, 2.24) is 25.3 Å². The Morgan fingerprint density at radius 1 is 1.08 bits per heavy atom. The summed E-state index contributed by atoms with van der Waals surface area (Å²) in [6.07, 6.45) is 8.66. The van der Waals surface area contributed by atoms with Crippen LogP contribution in [0.15, 0.2) is 55.2 Å². The van der Waals surface area contributed by atoms with Gasteiger partial charge >= 0.3 is 5.97 Å². The summed E-state index contributed by atoms with van der Waals surface area (Å²) in [5, 5.41) is 12.4. The van der Waals surface area contributed by atoms with Crippen LogP contribution in [0.2, 0.25) is 0 Å². The van der Waals surface area contributed by atoms with Crippen LogP contribution in [0.25, 0.3) is 0 Å². The number of aromatic amines is 1. The SMILES string of the molecule is O=C(O)C(Cc1cnc[nH]1)NCc1cnc(CCc2ccccc2)nc1. The van der Waals surface area contributed by atoms with Crippen LogP contribution < -0.4 is 5.32 Å². The fourth-order valence-electron chi connectivity index (χ4n) is 2.61. The van der Waals surface area contributed by atoms with Crippen LogP contribution in [0, 0.1) is 0 Å². The van der Waals surface area contributed by atoms with Gasteiger partial charge in [0.2, 0.25) is 0 Å². The summed E-state index contributed by atoms with van der Waals surface area (Å²) in [4.78, 5) is 27.0. The van der Waals surface area contributed by atoms with Gasteiger partial charge in [-0.2, -0.15) is 0 Å². The molecule has 3 rings (SSSR count). The van der Waals surface area contributed by atoms with E-state index < -0.39 is 12.0 Å². The lowest BCUT2D eigenvalue weighted by Gasteiger charge is -2.13. The highest BCUT2D eigenvalue weighted by Gasteiger charge is 2.18. The number of hydrogen-bond donors (Lipinski definition) is 3. The van der Waals surface area contributed by atoms with Crippen LogP contribution in [-0.4, -0.2) is 37.1 Å². The Bertz CT molecular complexity index is 804. The topological polar surface area (TPSA) is 104 Å². The summed E-state index contributed by atoms with van der Waals surface area (Å²) >= 11 is 0. The predicted molar refractivity (Wildman–Crippen MR) is 96.4 cm³/mol. The van der Waals surface area contributed by atoms with Crippen LogP contribution >= 0.6 is 0 Å². The molecule has 2 heterocycles. The highest BCUT2D eigenvalue weighted by Crippen LogP contribution is 2.05. The van der Waals surface area contributed by atoms with Gasteiger partial charge in [-0.3, -0.25) is 10.1 Å². The largest absolute Gasteiger partial charge is 0.480 e. The van der Waals surface area contributed by atoms with E-state index >= 15 is 0 Å². The summed E-state index contributed by atoms with van der Waals surface area (Å²) in [5.41, 5.74) is 2.88. The molecule has 0 saturated carbocycles. The summed E-state index contributed by atoms with van der Waals surface area (Å²) < 4.78 is 0. The Morgan fingerprint density at radius 2 is 1.85 bits per heavy atom. The van der Waals surface area contributed by atoms with Crippen molar-refractivity contribution in [1.29, 1.82) is 0 Å². The number of aromatic nitrogens is 4. The number of hydrogen-bond acceptors (Lipinski definition) is 5. The van der Waals surface area contributed by atoms with Crippen molar-refractivity contribution in [2.75, 3.05) is 0 Å². The molecular weight excluding hydrogens is 330 g/mol. The number of aliphatic carboxylic acids is 1. The highest BCUT2D eigenvalue weighted by molar-refractivity contribution is 5.73. The molecular formula is C19H21N5O2. The number of carboxylic acids is 1. The lowest BCUT2D eigenvalue weighted by atomic mass is 10.1. The summed E-state index contributed by atoms with van der Waals surface area (Å²) in [7, 11) is 0. The Morgan fingerprint density at radius 3 is 2.50 bits per heavy atom. The van der Waals surface area contributed by atoms with Gasteiger partial charge in [-0.05, 0) is 12.0 Å². The second-order valence-electron chi connectivity index (χ2n) is 6.05. The van der Waals surface area contributed by atoms with Crippen LogP contribution in [0.1, 0.15) is 22.6 Å². The van der Waals surface area contributed by atoms with Crippen molar-refractivity contribution in [2.24, 2.45) is 0 Å². The molecule has 0 aliphatic heterocycles. The number of aryl methyl sites for hydroxylation is 2. The Kier molecular flexibility index (Phi) is 6.05. The number of carbonyl (C=O) groups is 1. The van der Waals surface area contributed by atoms with E-state index in [1.807, 2.05) is 18.2 Å². The third-order valence-corrected chi connectivity index (χ3v) is 4.07. The first kappa shape index (κ1) is 17.8. The molecule has 3 aromatic rings. The van der Waals surface area contributed by atoms with Crippen LogP contribution in [0.3, 0.4) is 0 Å². The van der Waals surface area contributed by atoms with Gasteiger partial charge in [0.05, 0.1) is 6.33 Å². The van der Waals surface area contributed by atoms with Gasteiger partial charge in [0, 0.05) is 49.2 Å². The van der Waals surface area contributed by atoms with Crippen molar-refractivity contribution in [2.45, 2.75) is 31.8 Å². The maximum absolute atomic E-state index is 11.4. The maximum Gasteiger partial charge on any atom is 0.321 e. The minimum absolute atomic E-state index is 0.339. The smallest absolute Gasteiger partial charge is 0.321 e. The molecule has 3 N–H and O–H groups in total. The van der Waals surface area contributed by atoms with E-state index in [1.165, 1.54) is 11.9 Å². The molecule has 0 bridgehead atoms. The van der Waals surface area contributed by atoms with E-state index in [1.54, 1.807) is 18.6 Å². The predicted octanol–water partition coefficient (Wildman–Crippen LogP) is 1.77. The van der Waals surface area contributed by atoms with Gasteiger partial charge < -0.3 is 10.1 Å². The fourth-order valence-corrected chi connectivity index (χ4v) is 2.61. The highest BCUT2D eigenvalue weighted by atomic mass is 16.4. The van der Waals surface area contributed by atoms with Crippen LogP contribution in [-0.2, 0) is 30.6 Å². The zero-order chi connectivity index (χ0) is 18.2. The first-order chi connectivity index (χ1) is 12.7. The lowest BCUT2D eigenvalue weighted by molar-refractivity contribution is -0.139.